The van der Waals surface area contributed by atoms with Crippen molar-refractivity contribution < 1.29 is 19.1 Å². The number of nitrogens with zero attached hydrogens (tertiary/aromatic N) is 6. The van der Waals surface area contributed by atoms with E-state index >= 15 is 0 Å². The smallest absolute Gasteiger partial charge is 0.409 e. The zero-order valence-corrected chi connectivity index (χ0v) is 22.8. The molecule has 2 aromatic heterocycles. The summed E-state index contributed by atoms with van der Waals surface area (Å²) in [6.07, 6.45) is 6.05. The minimum Gasteiger partial charge on any atom is -0.449 e. The van der Waals surface area contributed by atoms with E-state index in [1.165, 1.54) is 0 Å². The molecule has 2 aliphatic heterocycles. The van der Waals surface area contributed by atoms with E-state index in [2.05, 4.69) is 15.5 Å². The monoisotopic (exact) mass is 548 g/mol. The van der Waals surface area contributed by atoms with Crippen molar-refractivity contribution in [2.75, 3.05) is 56.2 Å². The molecule has 12 heteroatoms. The first-order valence-corrected chi connectivity index (χ1v) is 14.3. The van der Waals surface area contributed by atoms with Gasteiger partial charge in [0.15, 0.2) is 11.5 Å². The van der Waals surface area contributed by atoms with Crippen LogP contribution < -0.4 is 15.5 Å². The van der Waals surface area contributed by atoms with Crippen molar-refractivity contribution >= 4 is 34.7 Å². The van der Waals surface area contributed by atoms with E-state index in [0.717, 1.165) is 67.6 Å². The lowest BCUT2D eigenvalue weighted by Gasteiger charge is -2.31. The van der Waals surface area contributed by atoms with Gasteiger partial charge in [-0.15, -0.1) is 0 Å². The van der Waals surface area contributed by atoms with E-state index in [0.29, 0.717) is 50.5 Å². The van der Waals surface area contributed by atoms with Crippen LogP contribution in [-0.4, -0.2) is 88.8 Å². The van der Waals surface area contributed by atoms with Crippen LogP contribution in [0.1, 0.15) is 45.1 Å². The number of amides is 3. The molecule has 0 atom stereocenters. The topological polar surface area (TPSA) is 127 Å². The Morgan fingerprint density at radius 2 is 1.77 bits per heavy atom. The van der Waals surface area contributed by atoms with E-state index < -0.39 is 0 Å². The molecule has 2 N–H and O–H groups in total. The van der Waals surface area contributed by atoms with Gasteiger partial charge in [-0.25, -0.2) is 24.2 Å². The number of morpholine rings is 1. The molecule has 0 unspecified atom stereocenters. The standard InChI is InChI=1S/C28H36N8O4/c1-2-15-40-28(38)35-11-9-22(10-12-35)36-26-23(18-29-36)25(34-13-16-39-17-14-34)32-24(33-26)19-3-5-20(6-4-19)30-27(37)31-21-7-8-21/h3-6,18,21-22H,2,7-17H2,1H3,(H2,30,31,37). The summed E-state index contributed by atoms with van der Waals surface area (Å²) in [4.78, 5) is 38.5. The Hall–Kier alpha value is -3.93. The fourth-order valence-corrected chi connectivity index (χ4v) is 5.18. The first-order chi connectivity index (χ1) is 19.6. The summed E-state index contributed by atoms with van der Waals surface area (Å²) in [5, 5.41) is 11.5. The number of carbonyl (C=O) groups excluding carboxylic acids is 2. The highest BCUT2D eigenvalue weighted by molar-refractivity contribution is 5.91. The van der Waals surface area contributed by atoms with E-state index in [9.17, 15) is 9.59 Å². The maximum atomic E-state index is 12.3. The molecule has 0 bridgehead atoms. The molecule has 1 saturated carbocycles. The molecule has 0 radical (unpaired) electrons. The van der Waals surface area contributed by atoms with Crippen LogP contribution in [-0.2, 0) is 9.47 Å². The van der Waals surface area contributed by atoms with Crippen LogP contribution >= 0.6 is 0 Å². The number of benzene rings is 1. The van der Waals surface area contributed by atoms with Crippen molar-refractivity contribution in [1.82, 2.24) is 30.0 Å². The number of rotatable bonds is 7. The first-order valence-electron chi connectivity index (χ1n) is 14.3. The summed E-state index contributed by atoms with van der Waals surface area (Å²) < 4.78 is 12.9. The van der Waals surface area contributed by atoms with Gasteiger partial charge in [0.05, 0.1) is 37.4 Å². The number of likely N-dealkylation sites (tertiary alicyclic amines) is 1. The van der Waals surface area contributed by atoms with E-state index in [-0.39, 0.29) is 18.2 Å². The maximum absolute atomic E-state index is 12.3. The highest BCUT2D eigenvalue weighted by Crippen LogP contribution is 2.32. The molecule has 1 aromatic carbocycles. The molecule has 0 spiro atoms. The number of anilines is 2. The molecule has 4 heterocycles. The lowest BCUT2D eigenvalue weighted by Crippen LogP contribution is -2.39. The van der Waals surface area contributed by atoms with Crippen LogP contribution in [0.4, 0.5) is 21.1 Å². The van der Waals surface area contributed by atoms with Gasteiger partial charge in [-0.05, 0) is 56.4 Å². The third kappa shape index (κ3) is 5.81. The van der Waals surface area contributed by atoms with Gasteiger partial charge in [-0.2, -0.15) is 5.10 Å². The van der Waals surface area contributed by atoms with Crippen molar-refractivity contribution in [3.8, 4) is 11.4 Å². The average Bonchev–Trinajstić information content (AvgIpc) is 3.70. The molecule has 3 aromatic rings. The third-order valence-electron chi connectivity index (χ3n) is 7.56. The quantitative estimate of drug-likeness (QED) is 0.457. The number of hydrogen-bond acceptors (Lipinski definition) is 8. The highest BCUT2D eigenvalue weighted by atomic mass is 16.6. The van der Waals surface area contributed by atoms with Gasteiger partial charge in [0, 0.05) is 43.5 Å². The van der Waals surface area contributed by atoms with Gasteiger partial charge >= 0.3 is 12.1 Å². The highest BCUT2D eigenvalue weighted by Gasteiger charge is 2.28. The van der Waals surface area contributed by atoms with Crippen LogP contribution in [0.3, 0.4) is 0 Å². The number of hydrogen-bond donors (Lipinski definition) is 2. The van der Waals surface area contributed by atoms with Gasteiger partial charge in [0.25, 0.3) is 0 Å². The molecular weight excluding hydrogens is 512 g/mol. The number of ether oxygens (including phenoxy) is 2. The van der Waals surface area contributed by atoms with Gasteiger partial charge in [-0.1, -0.05) is 6.92 Å². The predicted molar refractivity (Wildman–Crippen MR) is 150 cm³/mol. The second-order valence-electron chi connectivity index (χ2n) is 10.6. The Morgan fingerprint density at radius 1 is 1.02 bits per heavy atom. The van der Waals surface area contributed by atoms with Crippen molar-refractivity contribution in [2.45, 2.75) is 51.1 Å². The summed E-state index contributed by atoms with van der Waals surface area (Å²) in [5.41, 5.74) is 2.35. The summed E-state index contributed by atoms with van der Waals surface area (Å²) >= 11 is 0. The summed E-state index contributed by atoms with van der Waals surface area (Å²) in [6, 6.07) is 7.82. The van der Waals surface area contributed by atoms with E-state index in [1.54, 1.807) is 4.90 Å². The van der Waals surface area contributed by atoms with Gasteiger partial charge in [0.1, 0.15) is 5.82 Å². The van der Waals surface area contributed by atoms with Crippen molar-refractivity contribution in [2.24, 2.45) is 0 Å². The molecule has 40 heavy (non-hydrogen) atoms. The maximum Gasteiger partial charge on any atom is 0.409 e. The summed E-state index contributed by atoms with van der Waals surface area (Å²) in [6.45, 7) is 6.44. The molecule has 6 rings (SSSR count). The van der Waals surface area contributed by atoms with Crippen LogP contribution in [0.2, 0.25) is 0 Å². The fourth-order valence-electron chi connectivity index (χ4n) is 5.18. The number of fused-ring (bicyclic) bond motifs is 1. The molecule has 3 aliphatic rings. The number of piperidine rings is 1. The lowest BCUT2D eigenvalue weighted by molar-refractivity contribution is 0.0879. The normalized spacial score (nSPS) is 18.1. The van der Waals surface area contributed by atoms with Crippen LogP contribution in [0.25, 0.3) is 22.4 Å². The van der Waals surface area contributed by atoms with Crippen molar-refractivity contribution in [1.29, 1.82) is 0 Å². The molecule has 3 amide bonds. The molecular formula is C28H36N8O4. The zero-order chi connectivity index (χ0) is 27.5. The van der Waals surface area contributed by atoms with Crippen LogP contribution in [0.5, 0.6) is 0 Å². The number of carbonyl (C=O) groups is 2. The molecule has 2 saturated heterocycles. The van der Waals surface area contributed by atoms with Crippen LogP contribution in [0.15, 0.2) is 30.5 Å². The zero-order valence-electron chi connectivity index (χ0n) is 22.8. The Kier molecular flexibility index (Phi) is 7.67. The summed E-state index contributed by atoms with van der Waals surface area (Å²) in [5.74, 6) is 1.45. The minimum absolute atomic E-state index is 0.115. The molecule has 212 valence electrons. The SMILES string of the molecule is CCCOC(=O)N1CCC(n2ncc3c(N4CCOCC4)nc(-c4ccc(NC(=O)NC5CC5)cc4)nc32)CC1. The number of nitrogens with one attached hydrogen (secondary N) is 2. The largest absolute Gasteiger partial charge is 0.449 e. The average molecular weight is 549 g/mol. The second kappa shape index (κ2) is 11.7. The first kappa shape index (κ1) is 26.3. The van der Waals surface area contributed by atoms with Crippen molar-refractivity contribution in [3.63, 3.8) is 0 Å². The van der Waals surface area contributed by atoms with Crippen molar-refractivity contribution in [3.05, 3.63) is 30.5 Å². The number of aromatic nitrogens is 4. The molecule has 1 aliphatic carbocycles. The Labute approximate surface area is 233 Å². The third-order valence-corrected chi connectivity index (χ3v) is 7.56. The fraction of sp³-hybridized carbons (Fsp3) is 0.536. The Bertz CT molecular complexity index is 1340. The van der Waals surface area contributed by atoms with Crippen LogP contribution in [0, 0.1) is 0 Å². The van der Waals surface area contributed by atoms with E-state index in [4.69, 9.17) is 24.5 Å². The lowest BCUT2D eigenvalue weighted by atomic mass is 10.1. The predicted octanol–water partition coefficient (Wildman–Crippen LogP) is 3.80. The second-order valence-corrected chi connectivity index (χ2v) is 10.6. The van der Waals surface area contributed by atoms with Gasteiger partial charge in [0.2, 0.25) is 0 Å². The van der Waals surface area contributed by atoms with E-state index in [1.807, 2.05) is 42.1 Å². The minimum atomic E-state index is -0.243. The summed E-state index contributed by atoms with van der Waals surface area (Å²) in [7, 11) is 0. The number of urea groups is 1. The molecule has 12 nitrogen and oxygen atoms in total. The van der Waals surface area contributed by atoms with Gasteiger partial charge in [-0.3, -0.25) is 0 Å². The molecule has 3 fully saturated rings. The van der Waals surface area contributed by atoms with Gasteiger partial charge < -0.3 is 29.9 Å². The Morgan fingerprint density at radius 3 is 2.48 bits per heavy atom. The Balaban J connectivity index is 1.26.